The number of hydrogen-bond donors (Lipinski definition) is 2. The summed E-state index contributed by atoms with van der Waals surface area (Å²) in [5.41, 5.74) is -0.00612. The topological polar surface area (TPSA) is 89.3 Å². The maximum absolute atomic E-state index is 10.9. The van der Waals surface area contributed by atoms with E-state index in [9.17, 15) is 10.1 Å². The lowest BCUT2D eigenvalue weighted by atomic mass is 10.3. The van der Waals surface area contributed by atoms with Crippen molar-refractivity contribution in [3.05, 3.63) is 22.2 Å². The van der Waals surface area contributed by atoms with Crippen LogP contribution >= 0.6 is 0 Å². The normalized spacial score (nSPS) is 10.2. The minimum absolute atomic E-state index is 0.00612. The molecular formula is C12H20N4O3. The Morgan fingerprint density at radius 3 is 2.79 bits per heavy atom. The van der Waals surface area contributed by atoms with Gasteiger partial charge in [-0.05, 0) is 25.8 Å². The molecule has 7 heteroatoms. The Hall–Kier alpha value is -1.89. The van der Waals surface area contributed by atoms with Gasteiger partial charge in [0, 0.05) is 32.9 Å². The number of methoxy groups -OCH3 is 1. The third-order valence-corrected chi connectivity index (χ3v) is 2.50. The van der Waals surface area contributed by atoms with Crippen LogP contribution in [-0.4, -0.2) is 36.7 Å². The van der Waals surface area contributed by atoms with Crippen LogP contribution in [0.2, 0.25) is 0 Å². The van der Waals surface area contributed by atoms with E-state index in [1.807, 2.05) is 6.92 Å². The highest BCUT2D eigenvalue weighted by Gasteiger charge is 2.15. The summed E-state index contributed by atoms with van der Waals surface area (Å²) < 4.78 is 4.95. The minimum atomic E-state index is -0.430. The summed E-state index contributed by atoms with van der Waals surface area (Å²) in [6.07, 6.45) is 1.78. The molecule has 1 aromatic rings. The maximum atomic E-state index is 10.9. The Labute approximate surface area is 112 Å². The Kier molecular flexibility index (Phi) is 6.59. The van der Waals surface area contributed by atoms with E-state index in [2.05, 4.69) is 15.6 Å². The maximum Gasteiger partial charge on any atom is 0.311 e. The van der Waals surface area contributed by atoms with Crippen molar-refractivity contribution in [2.75, 3.05) is 37.4 Å². The average molecular weight is 268 g/mol. The fraction of sp³-hybridized carbons (Fsp3) is 0.583. The van der Waals surface area contributed by atoms with Crippen LogP contribution in [0.1, 0.15) is 19.8 Å². The van der Waals surface area contributed by atoms with Gasteiger partial charge in [0.1, 0.15) is 5.82 Å². The molecule has 0 radical (unpaired) electrons. The van der Waals surface area contributed by atoms with Crippen LogP contribution in [0, 0.1) is 10.1 Å². The summed E-state index contributed by atoms with van der Waals surface area (Å²) in [7, 11) is 1.65. The van der Waals surface area contributed by atoms with Gasteiger partial charge >= 0.3 is 5.69 Å². The van der Waals surface area contributed by atoms with E-state index >= 15 is 0 Å². The van der Waals surface area contributed by atoms with Crippen LogP contribution in [0.15, 0.2) is 12.1 Å². The molecule has 0 bridgehead atoms. The molecule has 7 nitrogen and oxygen atoms in total. The quantitative estimate of drug-likeness (QED) is 0.405. The van der Waals surface area contributed by atoms with E-state index in [0.29, 0.717) is 24.8 Å². The van der Waals surface area contributed by atoms with E-state index in [1.54, 1.807) is 13.2 Å². The van der Waals surface area contributed by atoms with Gasteiger partial charge in [-0.2, -0.15) is 0 Å². The summed E-state index contributed by atoms with van der Waals surface area (Å²) >= 11 is 0. The predicted octanol–water partition coefficient (Wildman–Crippen LogP) is 2.26. The Bertz CT molecular complexity index is 412. The van der Waals surface area contributed by atoms with Crippen LogP contribution in [0.3, 0.4) is 0 Å². The fourth-order valence-corrected chi connectivity index (χ4v) is 1.59. The number of aromatic nitrogens is 1. The van der Waals surface area contributed by atoms with E-state index in [0.717, 1.165) is 19.4 Å². The zero-order valence-electron chi connectivity index (χ0n) is 11.3. The predicted molar refractivity (Wildman–Crippen MR) is 74.7 cm³/mol. The number of rotatable bonds is 9. The summed E-state index contributed by atoms with van der Waals surface area (Å²) in [5.74, 6) is 0.938. The standard InChI is InChI=1S/C12H20N4O3/c1-3-13-11-7-6-10(16(17)18)12(15-11)14-8-4-5-9-19-2/h6-7H,3-5,8-9H2,1-2H3,(H2,13,14,15). The lowest BCUT2D eigenvalue weighted by molar-refractivity contribution is -0.384. The molecule has 0 aromatic carbocycles. The highest BCUT2D eigenvalue weighted by Crippen LogP contribution is 2.23. The molecule has 0 aliphatic rings. The average Bonchev–Trinajstić information content (AvgIpc) is 2.39. The second-order valence-electron chi connectivity index (χ2n) is 3.98. The number of ether oxygens (including phenoxy) is 1. The van der Waals surface area contributed by atoms with Crippen LogP contribution in [-0.2, 0) is 4.74 Å². The molecule has 0 amide bonds. The van der Waals surface area contributed by atoms with Crippen LogP contribution < -0.4 is 10.6 Å². The molecule has 1 aromatic heterocycles. The SMILES string of the molecule is CCNc1ccc([N+](=O)[O-])c(NCCCCOC)n1. The Morgan fingerprint density at radius 1 is 1.37 bits per heavy atom. The van der Waals surface area contributed by atoms with Crippen LogP contribution in [0.25, 0.3) is 0 Å². The van der Waals surface area contributed by atoms with Gasteiger partial charge in [-0.25, -0.2) is 4.98 Å². The molecule has 0 unspecified atom stereocenters. The van der Waals surface area contributed by atoms with E-state index in [4.69, 9.17) is 4.74 Å². The third-order valence-electron chi connectivity index (χ3n) is 2.50. The molecule has 0 saturated heterocycles. The van der Waals surface area contributed by atoms with Gasteiger partial charge in [-0.15, -0.1) is 0 Å². The van der Waals surface area contributed by atoms with Crippen LogP contribution in [0.5, 0.6) is 0 Å². The van der Waals surface area contributed by atoms with E-state index in [1.165, 1.54) is 6.07 Å². The van der Waals surface area contributed by atoms with Gasteiger partial charge in [0.2, 0.25) is 5.82 Å². The third kappa shape index (κ3) is 5.09. The first-order valence-electron chi connectivity index (χ1n) is 6.31. The lowest BCUT2D eigenvalue weighted by Crippen LogP contribution is -2.09. The second-order valence-corrected chi connectivity index (χ2v) is 3.98. The van der Waals surface area contributed by atoms with Gasteiger partial charge in [-0.1, -0.05) is 0 Å². The number of unbranched alkanes of at least 4 members (excludes halogenated alkanes) is 1. The molecule has 0 aliphatic heterocycles. The van der Waals surface area contributed by atoms with Crippen molar-refractivity contribution >= 4 is 17.3 Å². The lowest BCUT2D eigenvalue weighted by Gasteiger charge is -2.08. The van der Waals surface area contributed by atoms with Crippen LogP contribution in [0.4, 0.5) is 17.3 Å². The zero-order valence-corrected chi connectivity index (χ0v) is 11.3. The number of hydrogen-bond acceptors (Lipinski definition) is 6. The van der Waals surface area contributed by atoms with Gasteiger partial charge in [0.15, 0.2) is 0 Å². The molecule has 1 heterocycles. The largest absolute Gasteiger partial charge is 0.385 e. The van der Waals surface area contributed by atoms with Gasteiger partial charge in [-0.3, -0.25) is 10.1 Å². The van der Waals surface area contributed by atoms with E-state index in [-0.39, 0.29) is 5.69 Å². The first-order chi connectivity index (χ1) is 9.19. The molecule has 0 aliphatic carbocycles. The number of nitro groups is 1. The van der Waals surface area contributed by atoms with Crippen molar-refractivity contribution in [2.45, 2.75) is 19.8 Å². The van der Waals surface area contributed by atoms with Crippen molar-refractivity contribution < 1.29 is 9.66 Å². The molecule has 2 N–H and O–H groups in total. The molecule has 0 saturated carbocycles. The molecular weight excluding hydrogens is 248 g/mol. The smallest absolute Gasteiger partial charge is 0.311 e. The number of nitrogens with one attached hydrogen (secondary N) is 2. The monoisotopic (exact) mass is 268 g/mol. The molecule has 1 rings (SSSR count). The minimum Gasteiger partial charge on any atom is -0.385 e. The first kappa shape index (κ1) is 15.2. The van der Waals surface area contributed by atoms with Gasteiger partial charge in [0.25, 0.3) is 0 Å². The first-order valence-corrected chi connectivity index (χ1v) is 6.31. The molecule has 0 atom stereocenters. The molecule has 0 spiro atoms. The fourth-order valence-electron chi connectivity index (χ4n) is 1.59. The van der Waals surface area contributed by atoms with Crippen molar-refractivity contribution in [1.82, 2.24) is 4.98 Å². The highest BCUT2D eigenvalue weighted by molar-refractivity contribution is 5.60. The summed E-state index contributed by atoms with van der Waals surface area (Å²) in [6, 6.07) is 3.07. The van der Waals surface area contributed by atoms with Gasteiger partial charge < -0.3 is 15.4 Å². The summed E-state index contributed by atoms with van der Waals surface area (Å²) in [6.45, 7) is 3.99. The van der Waals surface area contributed by atoms with Crippen molar-refractivity contribution in [2.24, 2.45) is 0 Å². The Balaban J connectivity index is 2.66. The molecule has 19 heavy (non-hydrogen) atoms. The van der Waals surface area contributed by atoms with E-state index < -0.39 is 4.92 Å². The number of nitrogens with zero attached hydrogens (tertiary/aromatic N) is 2. The highest BCUT2D eigenvalue weighted by atomic mass is 16.6. The number of anilines is 2. The molecule has 0 fully saturated rings. The number of pyridine rings is 1. The second kappa shape index (κ2) is 8.25. The van der Waals surface area contributed by atoms with Crippen molar-refractivity contribution in [1.29, 1.82) is 0 Å². The van der Waals surface area contributed by atoms with Crippen molar-refractivity contribution in [3.8, 4) is 0 Å². The van der Waals surface area contributed by atoms with Crippen molar-refractivity contribution in [3.63, 3.8) is 0 Å². The van der Waals surface area contributed by atoms with Gasteiger partial charge in [0.05, 0.1) is 4.92 Å². The Morgan fingerprint density at radius 2 is 2.16 bits per heavy atom. The summed E-state index contributed by atoms with van der Waals surface area (Å²) in [5, 5.41) is 16.9. The molecule has 106 valence electrons. The zero-order chi connectivity index (χ0) is 14.1. The summed E-state index contributed by atoms with van der Waals surface area (Å²) in [4.78, 5) is 14.7.